The summed E-state index contributed by atoms with van der Waals surface area (Å²) < 4.78 is 38.8. The van der Waals surface area contributed by atoms with E-state index in [1.54, 1.807) is 54.7 Å². The molecule has 0 atom stereocenters. The average Bonchev–Trinajstić information content (AvgIpc) is 3.04. The van der Waals surface area contributed by atoms with Crippen LogP contribution >= 0.6 is 23.6 Å². The van der Waals surface area contributed by atoms with E-state index >= 15 is 0 Å². The zero-order valence-corrected chi connectivity index (χ0v) is 23.1. The van der Waals surface area contributed by atoms with Gasteiger partial charge in [0, 0.05) is 10.6 Å². The first-order chi connectivity index (χ1) is 17.8. The molecule has 1 heterocycles. The highest BCUT2D eigenvalue weighted by Gasteiger charge is 2.26. The number of benzene rings is 2. The van der Waals surface area contributed by atoms with Crippen molar-refractivity contribution in [2.75, 3.05) is 29.1 Å². The van der Waals surface area contributed by atoms with Gasteiger partial charge < -0.3 is 20.1 Å². The van der Waals surface area contributed by atoms with Crippen LogP contribution in [-0.2, 0) is 27.6 Å². The third-order valence-electron chi connectivity index (χ3n) is 5.90. The molecule has 0 saturated carbocycles. The van der Waals surface area contributed by atoms with Gasteiger partial charge in [0.05, 0.1) is 29.9 Å². The molecule has 0 fully saturated rings. The molecule has 0 unspecified atom stereocenters. The minimum Gasteiger partial charge on any atom is -0.495 e. The number of carbonyl (C=O) groups is 1. The topological polar surface area (TPSA) is 106 Å². The van der Waals surface area contributed by atoms with Gasteiger partial charge in [-0.25, -0.2) is 13.2 Å². The molecule has 37 heavy (non-hydrogen) atoms. The molecule has 0 saturated heterocycles. The number of hydrogen-bond acceptors (Lipinski definition) is 7. The lowest BCUT2D eigenvalue weighted by Gasteiger charge is -2.13. The summed E-state index contributed by atoms with van der Waals surface area (Å²) in [6.45, 7) is 2.09. The number of anilines is 3. The Morgan fingerprint density at radius 3 is 2.49 bits per heavy atom. The maximum Gasteiger partial charge on any atom is 0.341 e. The number of sulfonamides is 1. The SMILES string of the molecule is CCOC(=O)c1c(NC(=S)Nc2ccc(S(=O)(=O)Nc3ccccc3OC)cc2)sc2c1CCCCC2. The number of thiophene rings is 1. The van der Waals surface area contributed by atoms with Crippen molar-refractivity contribution >= 4 is 61.0 Å². The number of para-hydroxylation sites is 2. The first-order valence-electron chi connectivity index (χ1n) is 12.0. The zero-order valence-electron chi connectivity index (χ0n) is 20.6. The highest BCUT2D eigenvalue weighted by Crippen LogP contribution is 2.38. The standard InChI is InChI=1S/C26H29N3O5S3/c1-3-34-25(30)23-19-9-5-4-6-12-22(19)36-24(23)28-26(35)27-17-13-15-18(16-14-17)37(31,32)29-20-10-7-8-11-21(20)33-2/h7-8,10-11,13-16,29H,3-6,9,12H2,1-2H3,(H2,27,28,35). The minimum atomic E-state index is -3.82. The van der Waals surface area contributed by atoms with Crippen LogP contribution in [0.3, 0.4) is 0 Å². The second kappa shape index (κ2) is 11.9. The lowest BCUT2D eigenvalue weighted by molar-refractivity contribution is 0.0527. The van der Waals surface area contributed by atoms with Gasteiger partial charge in [-0.2, -0.15) is 0 Å². The second-order valence-electron chi connectivity index (χ2n) is 8.40. The summed E-state index contributed by atoms with van der Waals surface area (Å²) in [6.07, 6.45) is 5.07. The maximum atomic E-state index is 12.9. The molecule has 0 spiro atoms. The van der Waals surface area contributed by atoms with Crippen LogP contribution in [0.15, 0.2) is 53.4 Å². The van der Waals surface area contributed by atoms with Crippen LogP contribution in [0.5, 0.6) is 5.75 Å². The Bertz CT molecular complexity index is 1380. The fraction of sp³-hybridized carbons (Fsp3) is 0.308. The van der Waals surface area contributed by atoms with E-state index in [4.69, 9.17) is 21.7 Å². The van der Waals surface area contributed by atoms with Gasteiger partial charge in [0.2, 0.25) is 0 Å². The van der Waals surface area contributed by atoms with Gasteiger partial charge in [0.25, 0.3) is 10.0 Å². The van der Waals surface area contributed by atoms with Gasteiger partial charge in [0.1, 0.15) is 10.8 Å². The number of esters is 1. The summed E-state index contributed by atoms with van der Waals surface area (Å²) in [5, 5.41) is 7.19. The molecule has 0 bridgehead atoms. The number of methoxy groups -OCH3 is 1. The molecule has 1 aliphatic rings. The summed E-state index contributed by atoms with van der Waals surface area (Å²) in [5.74, 6) is 0.0816. The Kier molecular flexibility index (Phi) is 8.67. The Morgan fingerprint density at radius 2 is 1.76 bits per heavy atom. The van der Waals surface area contributed by atoms with Crippen molar-refractivity contribution in [2.24, 2.45) is 0 Å². The van der Waals surface area contributed by atoms with Gasteiger partial charge in [-0.3, -0.25) is 4.72 Å². The molecule has 11 heteroatoms. The Hall–Kier alpha value is -3.15. The molecular weight excluding hydrogens is 531 g/mol. The van der Waals surface area contributed by atoms with E-state index in [1.807, 2.05) is 0 Å². The second-order valence-corrected chi connectivity index (χ2v) is 11.6. The highest BCUT2D eigenvalue weighted by atomic mass is 32.2. The Labute approximate surface area is 226 Å². The fourth-order valence-electron chi connectivity index (χ4n) is 4.17. The highest BCUT2D eigenvalue weighted by molar-refractivity contribution is 7.92. The van der Waals surface area contributed by atoms with Crippen LogP contribution in [0.2, 0.25) is 0 Å². The van der Waals surface area contributed by atoms with Crippen molar-refractivity contribution in [1.82, 2.24) is 0 Å². The normalized spacial score (nSPS) is 13.1. The molecular formula is C26H29N3O5S3. The van der Waals surface area contributed by atoms with Crippen molar-refractivity contribution in [3.8, 4) is 5.75 Å². The van der Waals surface area contributed by atoms with Crippen molar-refractivity contribution < 1.29 is 22.7 Å². The molecule has 1 aromatic heterocycles. The number of fused-ring (bicyclic) bond motifs is 1. The number of thiocarbonyl (C=S) groups is 1. The maximum absolute atomic E-state index is 12.9. The van der Waals surface area contributed by atoms with Gasteiger partial charge >= 0.3 is 5.97 Å². The van der Waals surface area contributed by atoms with Crippen LogP contribution in [0.4, 0.5) is 16.4 Å². The average molecular weight is 560 g/mol. The van der Waals surface area contributed by atoms with E-state index in [-0.39, 0.29) is 10.9 Å². The molecule has 8 nitrogen and oxygen atoms in total. The third-order valence-corrected chi connectivity index (χ3v) is 8.69. The van der Waals surface area contributed by atoms with Crippen molar-refractivity contribution in [3.05, 3.63) is 64.5 Å². The lowest BCUT2D eigenvalue weighted by atomic mass is 10.1. The molecule has 2 aromatic carbocycles. The number of nitrogens with one attached hydrogen (secondary N) is 3. The van der Waals surface area contributed by atoms with Crippen LogP contribution in [0.1, 0.15) is 47.0 Å². The molecule has 3 N–H and O–H groups in total. The summed E-state index contributed by atoms with van der Waals surface area (Å²) in [5.41, 5.74) is 2.58. The summed E-state index contributed by atoms with van der Waals surface area (Å²) in [4.78, 5) is 14.1. The van der Waals surface area contributed by atoms with E-state index in [2.05, 4.69) is 15.4 Å². The number of hydrogen-bond donors (Lipinski definition) is 3. The molecule has 4 rings (SSSR count). The van der Waals surface area contributed by atoms with Crippen LogP contribution in [0, 0.1) is 0 Å². The number of aryl methyl sites for hydroxylation is 1. The summed E-state index contributed by atoms with van der Waals surface area (Å²) in [6, 6.07) is 13.0. The fourth-order valence-corrected chi connectivity index (χ4v) is 6.80. The molecule has 1 aliphatic carbocycles. The smallest absolute Gasteiger partial charge is 0.341 e. The van der Waals surface area contributed by atoms with E-state index in [0.717, 1.165) is 37.7 Å². The van der Waals surface area contributed by atoms with Gasteiger partial charge in [-0.05, 0) is 86.8 Å². The summed E-state index contributed by atoms with van der Waals surface area (Å²) in [7, 11) is -2.34. The van der Waals surface area contributed by atoms with Gasteiger partial charge in [-0.15, -0.1) is 11.3 Å². The first kappa shape index (κ1) is 26.9. The minimum absolute atomic E-state index is 0.0921. The van der Waals surface area contributed by atoms with Crippen LogP contribution in [-0.4, -0.2) is 33.2 Å². The Morgan fingerprint density at radius 1 is 1.03 bits per heavy atom. The summed E-state index contributed by atoms with van der Waals surface area (Å²) >= 11 is 7.05. The van der Waals surface area contributed by atoms with Crippen molar-refractivity contribution in [2.45, 2.75) is 43.9 Å². The largest absolute Gasteiger partial charge is 0.495 e. The van der Waals surface area contributed by atoms with Crippen molar-refractivity contribution in [3.63, 3.8) is 0 Å². The molecule has 0 aliphatic heterocycles. The van der Waals surface area contributed by atoms with E-state index in [9.17, 15) is 13.2 Å². The van der Waals surface area contributed by atoms with E-state index in [0.29, 0.717) is 39.4 Å². The number of rotatable bonds is 8. The number of carbonyl (C=O) groups excluding carboxylic acids is 1. The third kappa shape index (κ3) is 6.41. The molecule has 3 aromatic rings. The lowest BCUT2D eigenvalue weighted by Crippen LogP contribution is -2.20. The van der Waals surface area contributed by atoms with Gasteiger partial charge in [0.15, 0.2) is 5.11 Å². The van der Waals surface area contributed by atoms with E-state index in [1.165, 1.54) is 24.1 Å². The predicted molar refractivity (Wildman–Crippen MR) is 152 cm³/mol. The van der Waals surface area contributed by atoms with Crippen molar-refractivity contribution in [1.29, 1.82) is 0 Å². The zero-order chi connectivity index (χ0) is 26.4. The first-order valence-corrected chi connectivity index (χ1v) is 14.7. The quantitative estimate of drug-likeness (QED) is 0.180. The van der Waals surface area contributed by atoms with Gasteiger partial charge in [-0.1, -0.05) is 18.6 Å². The monoisotopic (exact) mass is 559 g/mol. The van der Waals surface area contributed by atoms with Crippen LogP contribution in [0.25, 0.3) is 0 Å². The molecule has 196 valence electrons. The van der Waals surface area contributed by atoms with E-state index < -0.39 is 10.0 Å². The molecule has 0 radical (unpaired) electrons. The molecule has 0 amide bonds. The predicted octanol–water partition coefficient (Wildman–Crippen LogP) is 5.81. The van der Waals surface area contributed by atoms with Crippen LogP contribution < -0.4 is 20.1 Å². The number of ether oxygens (including phenoxy) is 2. The Balaban J connectivity index is 1.47.